The van der Waals surface area contributed by atoms with Gasteiger partial charge in [0, 0.05) is 16.8 Å². The van der Waals surface area contributed by atoms with Gasteiger partial charge in [0.1, 0.15) is 28.9 Å². The van der Waals surface area contributed by atoms with Crippen molar-refractivity contribution >= 4 is 28.8 Å². The Hall–Kier alpha value is -3.43. The molecule has 7 heteroatoms. The fourth-order valence-electron chi connectivity index (χ4n) is 2.35. The van der Waals surface area contributed by atoms with E-state index in [1.54, 1.807) is 30.3 Å². The number of halogens is 1. The number of nitrogens with two attached hydrogens (primary N) is 1. The summed E-state index contributed by atoms with van der Waals surface area (Å²) < 4.78 is 11.2. The Kier molecular flexibility index (Phi) is 5.64. The number of ether oxygens (including phenoxy) is 2. The summed E-state index contributed by atoms with van der Waals surface area (Å²) in [6.45, 7) is 2.21. The Labute approximate surface area is 162 Å². The van der Waals surface area contributed by atoms with Gasteiger partial charge in [-0.3, -0.25) is 0 Å². The van der Waals surface area contributed by atoms with Crippen molar-refractivity contribution < 1.29 is 9.47 Å². The van der Waals surface area contributed by atoms with Gasteiger partial charge < -0.3 is 20.5 Å². The molecule has 2 aromatic carbocycles. The van der Waals surface area contributed by atoms with Crippen molar-refractivity contribution in [3.05, 3.63) is 65.2 Å². The van der Waals surface area contributed by atoms with Gasteiger partial charge in [-0.1, -0.05) is 11.6 Å². The number of nitrogens with one attached hydrogen (secondary N) is 1. The first-order valence-electron chi connectivity index (χ1n) is 8.23. The quantitative estimate of drug-likeness (QED) is 0.616. The van der Waals surface area contributed by atoms with E-state index in [1.807, 2.05) is 37.3 Å². The lowest BCUT2D eigenvalue weighted by Gasteiger charge is -2.12. The van der Waals surface area contributed by atoms with E-state index in [4.69, 9.17) is 26.8 Å². The Balaban J connectivity index is 1.74. The predicted molar refractivity (Wildman–Crippen MR) is 106 cm³/mol. The van der Waals surface area contributed by atoms with Crippen LogP contribution in [0.3, 0.4) is 0 Å². The zero-order chi connectivity index (χ0) is 19.2. The van der Waals surface area contributed by atoms with E-state index < -0.39 is 0 Å². The molecule has 3 N–H and O–H groups in total. The molecule has 0 saturated carbocycles. The highest BCUT2D eigenvalue weighted by molar-refractivity contribution is 6.30. The van der Waals surface area contributed by atoms with Gasteiger partial charge in [-0.15, -0.1) is 0 Å². The monoisotopic (exact) mass is 380 g/mol. The number of nitrogen functional groups attached to an aromatic ring is 1. The lowest BCUT2D eigenvalue weighted by Crippen LogP contribution is -2.04. The first kappa shape index (κ1) is 18.4. The number of pyridine rings is 1. The molecular formula is C20H17ClN4O2. The van der Waals surface area contributed by atoms with Crippen LogP contribution in [-0.4, -0.2) is 11.6 Å². The van der Waals surface area contributed by atoms with E-state index in [-0.39, 0.29) is 11.4 Å². The van der Waals surface area contributed by atoms with Crippen LogP contribution in [0.25, 0.3) is 0 Å². The van der Waals surface area contributed by atoms with Crippen LogP contribution >= 0.6 is 11.6 Å². The third-order valence-electron chi connectivity index (χ3n) is 3.59. The van der Waals surface area contributed by atoms with Gasteiger partial charge in [0.15, 0.2) is 0 Å². The second-order valence-corrected chi connectivity index (χ2v) is 5.96. The number of hydrogen-bond acceptors (Lipinski definition) is 6. The molecule has 3 aromatic rings. The Bertz CT molecular complexity index is 967. The molecular weight excluding hydrogens is 364 g/mol. The summed E-state index contributed by atoms with van der Waals surface area (Å²) in [6, 6.07) is 18.1. The minimum absolute atomic E-state index is 0.213. The number of nitrogens with zero attached hydrogens (tertiary/aromatic N) is 2. The lowest BCUT2D eigenvalue weighted by molar-refractivity contribution is 0.326. The van der Waals surface area contributed by atoms with Crippen molar-refractivity contribution in [1.29, 1.82) is 5.26 Å². The number of hydrogen-bond donors (Lipinski definition) is 2. The topological polar surface area (TPSA) is 93.2 Å². The highest BCUT2D eigenvalue weighted by atomic mass is 35.5. The Morgan fingerprint density at radius 2 is 1.74 bits per heavy atom. The molecule has 1 heterocycles. The lowest BCUT2D eigenvalue weighted by atomic mass is 10.2. The second kappa shape index (κ2) is 8.30. The fourth-order valence-corrected chi connectivity index (χ4v) is 2.48. The largest absolute Gasteiger partial charge is 0.477 e. The maximum atomic E-state index is 9.18. The molecule has 0 radical (unpaired) electrons. The molecule has 0 bridgehead atoms. The van der Waals surface area contributed by atoms with Gasteiger partial charge in [-0.25, -0.2) is 0 Å². The molecule has 0 aliphatic carbocycles. The van der Waals surface area contributed by atoms with Crippen molar-refractivity contribution in [1.82, 2.24) is 4.98 Å². The van der Waals surface area contributed by atoms with E-state index in [9.17, 15) is 5.26 Å². The maximum absolute atomic E-state index is 9.18. The van der Waals surface area contributed by atoms with Gasteiger partial charge >= 0.3 is 0 Å². The third-order valence-corrected chi connectivity index (χ3v) is 3.84. The summed E-state index contributed by atoms with van der Waals surface area (Å²) in [7, 11) is 0. The molecule has 0 atom stereocenters. The number of nitriles is 1. The summed E-state index contributed by atoms with van der Waals surface area (Å²) in [6.07, 6.45) is 0. The summed E-state index contributed by atoms with van der Waals surface area (Å²) in [5.41, 5.74) is 7.25. The van der Waals surface area contributed by atoms with Gasteiger partial charge in [0.05, 0.1) is 12.3 Å². The molecule has 0 aliphatic rings. The Morgan fingerprint density at radius 1 is 1.11 bits per heavy atom. The fraction of sp³-hybridized carbons (Fsp3) is 0.100. The highest BCUT2D eigenvalue weighted by Crippen LogP contribution is 2.28. The van der Waals surface area contributed by atoms with Gasteiger partial charge in [-0.2, -0.15) is 10.2 Å². The van der Waals surface area contributed by atoms with Crippen molar-refractivity contribution in [2.75, 3.05) is 17.7 Å². The van der Waals surface area contributed by atoms with Crippen LogP contribution < -0.4 is 20.5 Å². The van der Waals surface area contributed by atoms with Crippen LogP contribution in [0.1, 0.15) is 12.5 Å². The molecule has 0 aliphatic heterocycles. The number of aromatic nitrogens is 1. The molecule has 1 aromatic heterocycles. The van der Waals surface area contributed by atoms with E-state index in [0.717, 1.165) is 5.69 Å². The van der Waals surface area contributed by atoms with Gasteiger partial charge in [-0.05, 0) is 55.5 Å². The number of anilines is 3. The first-order chi connectivity index (χ1) is 13.1. The molecule has 0 spiro atoms. The third kappa shape index (κ3) is 4.60. The minimum Gasteiger partial charge on any atom is -0.477 e. The highest BCUT2D eigenvalue weighted by Gasteiger charge is 2.12. The summed E-state index contributed by atoms with van der Waals surface area (Å²) in [5.74, 6) is 2.08. The maximum Gasteiger partial charge on any atom is 0.235 e. The molecule has 0 saturated heterocycles. The average molecular weight is 381 g/mol. The smallest absolute Gasteiger partial charge is 0.235 e. The Morgan fingerprint density at radius 3 is 2.33 bits per heavy atom. The standard InChI is InChI=1S/C20H17ClN4O2/c1-2-26-20-17(12-22)18(23)11-19(25-20)24-14-5-9-16(10-6-14)27-15-7-3-13(21)4-8-15/h3-11H,2H2,1H3,(H3,23,24,25). The van der Waals surface area contributed by atoms with Crippen LogP contribution in [0.15, 0.2) is 54.6 Å². The minimum atomic E-state index is 0.213. The second-order valence-electron chi connectivity index (χ2n) is 5.53. The molecule has 6 nitrogen and oxygen atoms in total. The van der Waals surface area contributed by atoms with E-state index in [0.29, 0.717) is 34.6 Å². The van der Waals surface area contributed by atoms with Gasteiger partial charge in [0.25, 0.3) is 0 Å². The van der Waals surface area contributed by atoms with E-state index in [1.165, 1.54) is 0 Å². The average Bonchev–Trinajstić information content (AvgIpc) is 2.65. The normalized spacial score (nSPS) is 10.1. The van der Waals surface area contributed by atoms with E-state index >= 15 is 0 Å². The molecule has 3 rings (SSSR count). The summed E-state index contributed by atoms with van der Waals surface area (Å²) >= 11 is 5.87. The summed E-state index contributed by atoms with van der Waals surface area (Å²) in [5, 5.41) is 13.0. The van der Waals surface area contributed by atoms with Crippen LogP contribution in [0.5, 0.6) is 17.4 Å². The SMILES string of the molecule is CCOc1nc(Nc2ccc(Oc3ccc(Cl)cc3)cc2)cc(N)c1C#N. The van der Waals surface area contributed by atoms with Crippen LogP contribution in [0, 0.1) is 11.3 Å². The van der Waals surface area contributed by atoms with Crippen LogP contribution in [0.2, 0.25) is 5.02 Å². The van der Waals surface area contributed by atoms with Crippen molar-refractivity contribution in [2.45, 2.75) is 6.92 Å². The first-order valence-corrected chi connectivity index (χ1v) is 8.60. The predicted octanol–water partition coefficient (Wildman–Crippen LogP) is 5.12. The zero-order valence-corrected chi connectivity index (χ0v) is 15.3. The molecule has 136 valence electrons. The van der Waals surface area contributed by atoms with E-state index in [2.05, 4.69) is 10.3 Å². The van der Waals surface area contributed by atoms with Crippen molar-refractivity contribution in [3.8, 4) is 23.4 Å². The molecule has 0 unspecified atom stereocenters. The van der Waals surface area contributed by atoms with Gasteiger partial charge in [0.2, 0.25) is 5.88 Å². The molecule has 0 fully saturated rings. The van der Waals surface area contributed by atoms with Crippen molar-refractivity contribution in [3.63, 3.8) is 0 Å². The number of benzene rings is 2. The van der Waals surface area contributed by atoms with Crippen molar-refractivity contribution in [2.24, 2.45) is 0 Å². The summed E-state index contributed by atoms with van der Waals surface area (Å²) in [4.78, 5) is 4.31. The van der Waals surface area contributed by atoms with Crippen LogP contribution in [-0.2, 0) is 0 Å². The zero-order valence-electron chi connectivity index (χ0n) is 14.6. The molecule has 27 heavy (non-hydrogen) atoms. The van der Waals surface area contributed by atoms with Crippen LogP contribution in [0.4, 0.5) is 17.2 Å². The number of rotatable bonds is 6. The molecule has 0 amide bonds.